The van der Waals surface area contributed by atoms with E-state index >= 15 is 0 Å². The van der Waals surface area contributed by atoms with Gasteiger partial charge < -0.3 is 10.1 Å². The first-order valence-corrected chi connectivity index (χ1v) is 6.35. The Morgan fingerprint density at radius 1 is 0.889 bits per heavy atom. The molecule has 0 saturated heterocycles. The maximum atomic E-state index is 5.74. The Kier molecular flexibility index (Phi) is 6.59. The molecule has 0 aromatic heterocycles. The molecule has 96 valence electrons. The molecule has 2 rings (SSSR count). The molecule has 0 unspecified atom stereocenters. The van der Waals surface area contributed by atoms with Gasteiger partial charge in [0, 0.05) is 6.54 Å². The van der Waals surface area contributed by atoms with Gasteiger partial charge in [0.25, 0.3) is 0 Å². The summed E-state index contributed by atoms with van der Waals surface area (Å²) in [5, 5.41) is 3.12. The Morgan fingerprint density at radius 3 is 2.22 bits per heavy atom. The highest BCUT2D eigenvalue weighted by Crippen LogP contribution is 2.21. The lowest BCUT2D eigenvalue weighted by Gasteiger charge is -2.07. The third kappa shape index (κ3) is 4.60. The van der Waals surface area contributed by atoms with Gasteiger partial charge >= 0.3 is 0 Å². The van der Waals surface area contributed by atoms with E-state index in [4.69, 9.17) is 4.74 Å². The van der Waals surface area contributed by atoms with E-state index in [1.54, 1.807) is 0 Å². The van der Waals surface area contributed by atoms with Gasteiger partial charge in [0.05, 0.1) is 0 Å². The monoisotopic (exact) mass is 243 g/mol. The fraction of sp³-hybridized carbons (Fsp3) is 0.250. The second-order valence-corrected chi connectivity index (χ2v) is 3.59. The molecule has 0 radical (unpaired) electrons. The number of ether oxygens (including phenoxy) is 1. The van der Waals surface area contributed by atoms with Gasteiger partial charge in [0.15, 0.2) is 0 Å². The molecule has 0 aliphatic heterocycles. The van der Waals surface area contributed by atoms with Crippen LogP contribution in [0.1, 0.15) is 19.4 Å². The molecule has 0 saturated carbocycles. The van der Waals surface area contributed by atoms with Crippen LogP contribution < -0.4 is 10.1 Å². The maximum Gasteiger partial charge on any atom is 0.127 e. The minimum absolute atomic E-state index is 0.853. The summed E-state index contributed by atoms with van der Waals surface area (Å²) in [6, 6.07) is 17.9. The lowest BCUT2D eigenvalue weighted by atomic mass is 10.2. The number of benzene rings is 2. The Morgan fingerprint density at radius 2 is 1.56 bits per heavy atom. The molecular weight excluding hydrogens is 222 g/mol. The van der Waals surface area contributed by atoms with E-state index in [-0.39, 0.29) is 0 Å². The molecule has 0 amide bonds. The SMILES string of the molecule is CC.CNCc1cccc(Oc2ccccc2)c1. The zero-order valence-corrected chi connectivity index (χ0v) is 11.3. The molecule has 0 bridgehead atoms. The predicted molar refractivity (Wildman–Crippen MR) is 77.1 cm³/mol. The summed E-state index contributed by atoms with van der Waals surface area (Å²) in [5.41, 5.74) is 1.22. The first kappa shape index (κ1) is 14.3. The summed E-state index contributed by atoms with van der Waals surface area (Å²) in [7, 11) is 1.94. The van der Waals surface area contributed by atoms with E-state index in [1.807, 2.05) is 69.4 Å². The predicted octanol–water partition coefficient (Wildman–Crippen LogP) is 4.22. The van der Waals surface area contributed by atoms with Gasteiger partial charge in [0.2, 0.25) is 0 Å². The number of rotatable bonds is 4. The summed E-state index contributed by atoms with van der Waals surface area (Å²) in [5.74, 6) is 1.74. The Balaban J connectivity index is 0.000000771. The number of hydrogen-bond acceptors (Lipinski definition) is 2. The smallest absolute Gasteiger partial charge is 0.127 e. The summed E-state index contributed by atoms with van der Waals surface area (Å²) in [6.45, 7) is 4.85. The van der Waals surface area contributed by atoms with Crippen molar-refractivity contribution in [3.63, 3.8) is 0 Å². The fourth-order valence-corrected chi connectivity index (χ4v) is 1.55. The van der Waals surface area contributed by atoms with Crippen molar-refractivity contribution in [1.82, 2.24) is 5.32 Å². The van der Waals surface area contributed by atoms with E-state index in [2.05, 4.69) is 11.4 Å². The highest BCUT2D eigenvalue weighted by atomic mass is 16.5. The highest BCUT2D eigenvalue weighted by molar-refractivity contribution is 5.33. The van der Waals surface area contributed by atoms with Crippen LogP contribution in [-0.2, 0) is 6.54 Å². The molecule has 2 aromatic rings. The van der Waals surface area contributed by atoms with Crippen LogP contribution in [0.4, 0.5) is 0 Å². The van der Waals surface area contributed by atoms with Gasteiger partial charge in [-0.05, 0) is 36.9 Å². The largest absolute Gasteiger partial charge is 0.457 e. The van der Waals surface area contributed by atoms with Crippen molar-refractivity contribution in [3.05, 3.63) is 60.2 Å². The third-order valence-corrected chi connectivity index (χ3v) is 2.26. The van der Waals surface area contributed by atoms with Gasteiger partial charge in [-0.2, -0.15) is 0 Å². The van der Waals surface area contributed by atoms with Crippen LogP contribution in [0.2, 0.25) is 0 Å². The van der Waals surface area contributed by atoms with Crippen LogP contribution in [0.3, 0.4) is 0 Å². The Bertz CT molecular complexity index is 440. The molecule has 0 spiro atoms. The van der Waals surface area contributed by atoms with Crippen molar-refractivity contribution in [3.8, 4) is 11.5 Å². The molecule has 2 heteroatoms. The van der Waals surface area contributed by atoms with Gasteiger partial charge in [-0.1, -0.05) is 44.2 Å². The van der Waals surface area contributed by atoms with Crippen LogP contribution in [0.15, 0.2) is 54.6 Å². The topological polar surface area (TPSA) is 21.3 Å². The summed E-state index contributed by atoms with van der Waals surface area (Å²) < 4.78 is 5.74. The summed E-state index contributed by atoms with van der Waals surface area (Å²) >= 11 is 0. The molecule has 0 aliphatic carbocycles. The van der Waals surface area contributed by atoms with Gasteiger partial charge in [-0.15, -0.1) is 0 Å². The van der Waals surface area contributed by atoms with Crippen molar-refractivity contribution in [2.45, 2.75) is 20.4 Å². The number of para-hydroxylation sites is 1. The second-order valence-electron chi connectivity index (χ2n) is 3.59. The van der Waals surface area contributed by atoms with Crippen LogP contribution >= 0.6 is 0 Å². The molecular formula is C16H21NO. The highest BCUT2D eigenvalue weighted by Gasteiger charge is 1.97. The van der Waals surface area contributed by atoms with Crippen molar-refractivity contribution >= 4 is 0 Å². The van der Waals surface area contributed by atoms with Crippen LogP contribution in [0.25, 0.3) is 0 Å². The van der Waals surface area contributed by atoms with Crippen LogP contribution in [0, 0.1) is 0 Å². The molecule has 18 heavy (non-hydrogen) atoms. The van der Waals surface area contributed by atoms with Crippen molar-refractivity contribution in [1.29, 1.82) is 0 Å². The minimum atomic E-state index is 0.853. The molecule has 2 aromatic carbocycles. The second kappa shape index (κ2) is 8.31. The average molecular weight is 243 g/mol. The van der Waals surface area contributed by atoms with Crippen LogP contribution in [0.5, 0.6) is 11.5 Å². The Hall–Kier alpha value is -1.80. The summed E-state index contributed by atoms with van der Waals surface area (Å²) in [4.78, 5) is 0. The zero-order valence-electron chi connectivity index (χ0n) is 11.3. The van der Waals surface area contributed by atoms with E-state index in [1.165, 1.54) is 5.56 Å². The lowest BCUT2D eigenvalue weighted by Crippen LogP contribution is -2.04. The van der Waals surface area contributed by atoms with Crippen LogP contribution in [-0.4, -0.2) is 7.05 Å². The van der Waals surface area contributed by atoms with Crippen molar-refractivity contribution in [2.75, 3.05) is 7.05 Å². The minimum Gasteiger partial charge on any atom is -0.457 e. The lowest BCUT2D eigenvalue weighted by molar-refractivity contribution is 0.482. The van der Waals surface area contributed by atoms with Gasteiger partial charge in [-0.25, -0.2) is 0 Å². The standard InChI is InChI=1S/C14H15NO.C2H6/c1-15-11-12-6-5-9-14(10-12)16-13-7-3-2-4-8-13;1-2/h2-10,15H,11H2,1H3;1-2H3. The molecule has 0 heterocycles. The molecule has 0 atom stereocenters. The molecule has 0 aliphatic rings. The Labute approximate surface area is 110 Å². The molecule has 0 fully saturated rings. The fourth-order valence-electron chi connectivity index (χ4n) is 1.55. The average Bonchev–Trinajstić information content (AvgIpc) is 2.43. The van der Waals surface area contributed by atoms with E-state index < -0.39 is 0 Å². The van der Waals surface area contributed by atoms with Gasteiger partial charge in [0.1, 0.15) is 11.5 Å². The zero-order chi connectivity index (χ0) is 13.2. The van der Waals surface area contributed by atoms with Gasteiger partial charge in [-0.3, -0.25) is 0 Å². The maximum absolute atomic E-state index is 5.74. The van der Waals surface area contributed by atoms with E-state index in [9.17, 15) is 0 Å². The normalized spacial score (nSPS) is 9.28. The van der Waals surface area contributed by atoms with Crippen molar-refractivity contribution < 1.29 is 4.74 Å². The quantitative estimate of drug-likeness (QED) is 0.868. The molecule has 2 nitrogen and oxygen atoms in total. The van der Waals surface area contributed by atoms with E-state index in [0.29, 0.717) is 0 Å². The summed E-state index contributed by atoms with van der Waals surface area (Å²) in [6.07, 6.45) is 0. The van der Waals surface area contributed by atoms with E-state index in [0.717, 1.165) is 18.0 Å². The first-order valence-electron chi connectivity index (χ1n) is 6.35. The number of nitrogens with one attached hydrogen (secondary N) is 1. The van der Waals surface area contributed by atoms with Crippen molar-refractivity contribution in [2.24, 2.45) is 0 Å². The third-order valence-electron chi connectivity index (χ3n) is 2.26. The first-order chi connectivity index (χ1) is 8.88. The molecule has 1 N–H and O–H groups in total. The number of hydrogen-bond donors (Lipinski definition) is 1.